The van der Waals surface area contributed by atoms with E-state index in [0.717, 1.165) is 27.9 Å². The molecule has 100 valence electrons. The highest BCUT2D eigenvalue weighted by atomic mass is 32.2. The van der Waals surface area contributed by atoms with Crippen molar-refractivity contribution in [1.29, 1.82) is 0 Å². The number of hydrogen-bond donors (Lipinski definition) is 2. The lowest BCUT2D eigenvalue weighted by Crippen LogP contribution is -2.13. The van der Waals surface area contributed by atoms with Crippen molar-refractivity contribution in [3.63, 3.8) is 0 Å². The second-order valence-electron chi connectivity index (χ2n) is 4.65. The van der Waals surface area contributed by atoms with Gasteiger partial charge in [0.15, 0.2) is 0 Å². The van der Waals surface area contributed by atoms with Gasteiger partial charge in [-0.05, 0) is 35.7 Å². The molecule has 5 heteroatoms. The Morgan fingerprint density at radius 2 is 2.16 bits per heavy atom. The molecule has 1 aromatic heterocycles. The topological polar surface area (TPSA) is 50.9 Å². The van der Waals surface area contributed by atoms with Crippen LogP contribution in [0.25, 0.3) is 11.1 Å². The fourth-order valence-electron chi connectivity index (χ4n) is 2.32. The predicted molar refractivity (Wildman–Crippen MR) is 85.9 cm³/mol. The van der Waals surface area contributed by atoms with Crippen molar-refractivity contribution >= 4 is 34.1 Å². The summed E-state index contributed by atoms with van der Waals surface area (Å²) in [5, 5.41) is 5.35. The van der Waals surface area contributed by atoms with Crippen molar-refractivity contribution in [3.05, 3.63) is 30.3 Å². The van der Waals surface area contributed by atoms with Gasteiger partial charge in [0.25, 0.3) is 0 Å². The van der Waals surface area contributed by atoms with Gasteiger partial charge >= 0.3 is 0 Å². The first kappa shape index (κ1) is 12.8. The molecule has 3 nitrogen and oxygen atoms in total. The second kappa shape index (κ2) is 5.84. The zero-order valence-corrected chi connectivity index (χ0v) is 12.3. The third kappa shape index (κ3) is 2.87. The van der Waals surface area contributed by atoms with Crippen molar-refractivity contribution in [1.82, 2.24) is 4.37 Å². The van der Waals surface area contributed by atoms with Crippen LogP contribution in [0.4, 0.5) is 10.8 Å². The van der Waals surface area contributed by atoms with Crippen molar-refractivity contribution in [2.75, 3.05) is 23.3 Å². The van der Waals surface area contributed by atoms with Crippen LogP contribution >= 0.6 is 23.3 Å². The summed E-state index contributed by atoms with van der Waals surface area (Å²) in [4.78, 5) is 0. The third-order valence-corrected chi connectivity index (χ3v) is 5.51. The van der Waals surface area contributed by atoms with Crippen LogP contribution in [-0.2, 0) is 0 Å². The van der Waals surface area contributed by atoms with Crippen LogP contribution in [0.3, 0.4) is 0 Å². The molecule has 2 heterocycles. The van der Waals surface area contributed by atoms with Crippen LogP contribution in [0.15, 0.2) is 30.3 Å². The molecule has 2 aromatic rings. The Morgan fingerprint density at radius 1 is 1.32 bits per heavy atom. The minimum Gasteiger partial charge on any atom is -0.382 e. The maximum atomic E-state index is 6.01. The van der Waals surface area contributed by atoms with Crippen LogP contribution in [0.2, 0.25) is 0 Å². The Balaban J connectivity index is 1.78. The zero-order chi connectivity index (χ0) is 13.1. The molecule has 1 aliphatic rings. The first-order valence-corrected chi connectivity index (χ1v) is 8.33. The van der Waals surface area contributed by atoms with Crippen LogP contribution in [0, 0.1) is 0 Å². The molecule has 3 N–H and O–H groups in total. The summed E-state index contributed by atoms with van der Waals surface area (Å²) in [5.74, 6) is 1.92. The number of thioether (sulfide) groups is 1. The van der Waals surface area contributed by atoms with E-state index in [1.807, 2.05) is 18.2 Å². The lowest BCUT2D eigenvalue weighted by molar-refractivity contribution is 0.806. The molecule has 1 saturated heterocycles. The SMILES string of the molecule is Nc1nsc(NCC2CCCS2)c1-c1ccccc1. The summed E-state index contributed by atoms with van der Waals surface area (Å²) in [7, 11) is 0. The number of nitrogens with zero attached hydrogens (tertiary/aromatic N) is 1. The second-order valence-corrected chi connectivity index (χ2v) is 6.84. The number of benzene rings is 1. The van der Waals surface area contributed by atoms with E-state index < -0.39 is 0 Å². The van der Waals surface area contributed by atoms with Gasteiger partial charge in [-0.3, -0.25) is 0 Å². The molecule has 0 spiro atoms. The molecular formula is C14H17N3S2. The Kier molecular flexibility index (Phi) is 3.94. The lowest BCUT2D eigenvalue weighted by Gasteiger charge is -2.11. The van der Waals surface area contributed by atoms with E-state index >= 15 is 0 Å². The Hall–Kier alpha value is -1.20. The van der Waals surface area contributed by atoms with Gasteiger partial charge in [0.1, 0.15) is 10.8 Å². The van der Waals surface area contributed by atoms with Gasteiger partial charge < -0.3 is 11.1 Å². The third-order valence-electron chi connectivity index (χ3n) is 3.30. The number of hydrogen-bond acceptors (Lipinski definition) is 5. The fourth-order valence-corrected chi connectivity index (χ4v) is 4.26. The van der Waals surface area contributed by atoms with E-state index in [1.54, 1.807) is 0 Å². The Bertz CT molecular complexity index is 533. The van der Waals surface area contributed by atoms with Crippen LogP contribution < -0.4 is 11.1 Å². The van der Waals surface area contributed by atoms with Crippen LogP contribution in [-0.4, -0.2) is 21.9 Å². The first-order valence-electron chi connectivity index (χ1n) is 6.50. The molecule has 19 heavy (non-hydrogen) atoms. The molecule has 1 atom stereocenters. The summed E-state index contributed by atoms with van der Waals surface area (Å²) in [6.07, 6.45) is 2.65. The smallest absolute Gasteiger partial charge is 0.147 e. The van der Waals surface area contributed by atoms with Gasteiger partial charge in [-0.1, -0.05) is 30.3 Å². The van der Waals surface area contributed by atoms with Crippen molar-refractivity contribution in [2.45, 2.75) is 18.1 Å². The van der Waals surface area contributed by atoms with E-state index in [9.17, 15) is 0 Å². The normalized spacial score (nSPS) is 18.6. The van der Waals surface area contributed by atoms with Gasteiger partial charge in [-0.25, -0.2) is 0 Å². The zero-order valence-electron chi connectivity index (χ0n) is 10.6. The molecule has 1 aromatic carbocycles. The molecule has 0 radical (unpaired) electrons. The van der Waals surface area contributed by atoms with Gasteiger partial charge in [0.2, 0.25) is 0 Å². The molecule has 0 amide bonds. The highest BCUT2D eigenvalue weighted by Crippen LogP contribution is 2.37. The van der Waals surface area contributed by atoms with Gasteiger partial charge in [0, 0.05) is 11.8 Å². The van der Waals surface area contributed by atoms with Crippen molar-refractivity contribution in [2.24, 2.45) is 0 Å². The van der Waals surface area contributed by atoms with Crippen molar-refractivity contribution in [3.8, 4) is 11.1 Å². The maximum Gasteiger partial charge on any atom is 0.147 e. The number of anilines is 2. The first-order chi connectivity index (χ1) is 9.34. The van der Waals surface area contributed by atoms with E-state index in [1.165, 1.54) is 30.1 Å². The van der Waals surface area contributed by atoms with Gasteiger partial charge in [-0.15, -0.1) is 0 Å². The molecule has 1 fully saturated rings. The average Bonchev–Trinajstić information content (AvgIpc) is 3.07. The van der Waals surface area contributed by atoms with E-state index in [0.29, 0.717) is 5.82 Å². The number of rotatable bonds is 4. The molecule has 3 rings (SSSR count). The minimum atomic E-state index is 0.623. The highest BCUT2D eigenvalue weighted by molar-refractivity contribution is 8.00. The highest BCUT2D eigenvalue weighted by Gasteiger charge is 2.18. The number of nitrogens with one attached hydrogen (secondary N) is 1. The minimum absolute atomic E-state index is 0.623. The Morgan fingerprint density at radius 3 is 2.89 bits per heavy atom. The van der Waals surface area contributed by atoms with Gasteiger partial charge in [0.05, 0.1) is 5.56 Å². The quantitative estimate of drug-likeness (QED) is 0.902. The van der Waals surface area contributed by atoms with E-state index in [2.05, 4.69) is 33.6 Å². The summed E-state index contributed by atoms with van der Waals surface area (Å²) in [6, 6.07) is 10.2. The standard InChI is InChI=1S/C14H17N3S2/c15-13-12(10-5-2-1-3-6-10)14(19-17-13)16-9-11-7-4-8-18-11/h1-3,5-6,11,16H,4,7-9H2,(H2,15,17). The maximum absolute atomic E-state index is 6.01. The van der Waals surface area contributed by atoms with Crippen LogP contribution in [0.1, 0.15) is 12.8 Å². The largest absolute Gasteiger partial charge is 0.382 e. The Labute approximate surface area is 121 Å². The number of nitrogen functional groups attached to an aromatic ring is 1. The molecule has 1 aliphatic heterocycles. The van der Waals surface area contributed by atoms with E-state index in [-0.39, 0.29) is 0 Å². The van der Waals surface area contributed by atoms with E-state index in [4.69, 9.17) is 5.73 Å². The van der Waals surface area contributed by atoms with Gasteiger partial charge in [-0.2, -0.15) is 16.1 Å². The summed E-state index contributed by atoms with van der Waals surface area (Å²) in [5.41, 5.74) is 8.20. The van der Waals surface area contributed by atoms with Crippen LogP contribution in [0.5, 0.6) is 0 Å². The average molecular weight is 291 g/mol. The summed E-state index contributed by atoms with van der Waals surface area (Å²) >= 11 is 3.52. The monoisotopic (exact) mass is 291 g/mol. The molecule has 0 bridgehead atoms. The number of nitrogens with two attached hydrogens (primary N) is 1. The molecule has 0 aliphatic carbocycles. The van der Waals surface area contributed by atoms with Crippen molar-refractivity contribution < 1.29 is 0 Å². The summed E-state index contributed by atoms with van der Waals surface area (Å²) < 4.78 is 4.29. The predicted octanol–water partition coefficient (Wildman–Crippen LogP) is 3.70. The fraction of sp³-hybridized carbons (Fsp3) is 0.357. The molecule has 0 saturated carbocycles. The lowest BCUT2D eigenvalue weighted by atomic mass is 10.1. The summed E-state index contributed by atoms with van der Waals surface area (Å²) in [6.45, 7) is 1.01. The number of aromatic nitrogens is 1. The molecule has 1 unspecified atom stereocenters. The molecular weight excluding hydrogens is 274 g/mol.